The minimum absolute atomic E-state index is 0.0530. The monoisotopic (exact) mass is 272 g/mol. The maximum absolute atomic E-state index is 12.0. The first kappa shape index (κ1) is 14.5. The smallest absolute Gasteiger partial charge is 0.238 e. The highest BCUT2D eigenvalue weighted by molar-refractivity contribution is 5.92. The van der Waals surface area contributed by atoms with Gasteiger partial charge in [-0.3, -0.25) is 9.69 Å². The molecule has 2 unspecified atom stereocenters. The van der Waals surface area contributed by atoms with E-state index in [9.17, 15) is 4.79 Å². The molecule has 1 amide bonds. The lowest BCUT2D eigenvalue weighted by atomic mass is 9.95. The minimum atomic E-state index is -0.0530. The van der Waals surface area contributed by atoms with Gasteiger partial charge in [0.2, 0.25) is 5.91 Å². The second-order valence-corrected chi connectivity index (χ2v) is 5.41. The van der Waals surface area contributed by atoms with Gasteiger partial charge in [-0.15, -0.1) is 0 Å². The molecule has 1 aromatic carbocycles. The number of nitriles is 1. The first-order valence-corrected chi connectivity index (χ1v) is 6.86. The van der Waals surface area contributed by atoms with Crippen LogP contribution >= 0.6 is 0 Å². The predicted molar refractivity (Wildman–Crippen MR) is 78.0 cm³/mol. The summed E-state index contributed by atoms with van der Waals surface area (Å²) in [6, 6.07) is 9.22. The van der Waals surface area contributed by atoms with Crippen LogP contribution in [0.15, 0.2) is 24.3 Å². The van der Waals surface area contributed by atoms with Crippen LogP contribution in [0.5, 0.6) is 0 Å². The summed E-state index contributed by atoms with van der Waals surface area (Å²) >= 11 is 0. The maximum Gasteiger partial charge on any atom is 0.238 e. The normalized spacial score (nSPS) is 23.1. The Kier molecular flexibility index (Phi) is 4.72. The molecule has 0 aliphatic carbocycles. The predicted octanol–water partition coefficient (Wildman–Crippen LogP) is 1.17. The van der Waals surface area contributed by atoms with Crippen molar-refractivity contribution in [2.75, 3.05) is 25.0 Å². The zero-order valence-corrected chi connectivity index (χ0v) is 11.7. The van der Waals surface area contributed by atoms with Gasteiger partial charge in [0.05, 0.1) is 18.2 Å². The number of nitrogens with zero attached hydrogens (tertiary/aromatic N) is 2. The van der Waals surface area contributed by atoms with E-state index in [-0.39, 0.29) is 11.9 Å². The summed E-state index contributed by atoms with van der Waals surface area (Å²) in [5.74, 6) is 0.362. The van der Waals surface area contributed by atoms with Gasteiger partial charge in [-0.2, -0.15) is 5.26 Å². The third kappa shape index (κ3) is 3.80. The van der Waals surface area contributed by atoms with E-state index in [1.54, 1.807) is 24.3 Å². The van der Waals surface area contributed by atoms with Gasteiger partial charge in [-0.25, -0.2) is 0 Å². The number of piperidine rings is 1. The molecule has 5 heteroatoms. The Balaban J connectivity index is 1.88. The molecule has 20 heavy (non-hydrogen) atoms. The van der Waals surface area contributed by atoms with Crippen LogP contribution < -0.4 is 11.1 Å². The molecule has 0 aromatic heterocycles. The Morgan fingerprint density at radius 1 is 1.60 bits per heavy atom. The molecule has 0 bridgehead atoms. The SMILES string of the molecule is CC1CN(CC(=O)Nc2cccc(C#N)c2)CCC1N. The van der Waals surface area contributed by atoms with E-state index in [4.69, 9.17) is 11.0 Å². The van der Waals surface area contributed by atoms with Crippen molar-refractivity contribution in [1.29, 1.82) is 5.26 Å². The van der Waals surface area contributed by atoms with Gasteiger partial charge < -0.3 is 11.1 Å². The number of hydrogen-bond acceptors (Lipinski definition) is 4. The molecule has 0 spiro atoms. The van der Waals surface area contributed by atoms with Crippen molar-refractivity contribution >= 4 is 11.6 Å². The molecule has 1 saturated heterocycles. The molecule has 106 valence electrons. The number of rotatable bonds is 3. The summed E-state index contributed by atoms with van der Waals surface area (Å²) in [6.45, 7) is 4.20. The Morgan fingerprint density at radius 2 is 2.40 bits per heavy atom. The van der Waals surface area contributed by atoms with Crippen LogP contribution in [0, 0.1) is 17.2 Å². The largest absolute Gasteiger partial charge is 0.327 e. The number of anilines is 1. The first-order valence-electron chi connectivity index (χ1n) is 6.86. The summed E-state index contributed by atoms with van der Waals surface area (Å²) in [7, 11) is 0. The summed E-state index contributed by atoms with van der Waals surface area (Å²) in [5, 5.41) is 11.7. The van der Waals surface area contributed by atoms with Crippen LogP contribution in [0.4, 0.5) is 5.69 Å². The molecule has 2 rings (SSSR count). The van der Waals surface area contributed by atoms with E-state index in [0.29, 0.717) is 23.7 Å². The molecule has 3 N–H and O–H groups in total. The van der Waals surface area contributed by atoms with Gasteiger partial charge in [-0.05, 0) is 30.5 Å². The summed E-state index contributed by atoms with van der Waals surface area (Å²) in [6.07, 6.45) is 0.929. The lowest BCUT2D eigenvalue weighted by molar-refractivity contribution is -0.117. The van der Waals surface area contributed by atoms with E-state index in [1.165, 1.54) is 0 Å². The van der Waals surface area contributed by atoms with Gasteiger partial charge in [-0.1, -0.05) is 13.0 Å². The molecular weight excluding hydrogens is 252 g/mol. The van der Waals surface area contributed by atoms with E-state index in [0.717, 1.165) is 19.5 Å². The first-order chi connectivity index (χ1) is 9.58. The second kappa shape index (κ2) is 6.51. The lowest BCUT2D eigenvalue weighted by Crippen LogP contribution is -2.48. The molecule has 5 nitrogen and oxygen atoms in total. The number of hydrogen-bond donors (Lipinski definition) is 2. The highest BCUT2D eigenvalue weighted by Gasteiger charge is 2.24. The highest BCUT2D eigenvalue weighted by Crippen LogP contribution is 2.15. The van der Waals surface area contributed by atoms with Gasteiger partial charge in [0, 0.05) is 24.8 Å². The Morgan fingerprint density at radius 3 is 3.10 bits per heavy atom. The highest BCUT2D eigenvalue weighted by atomic mass is 16.2. The van der Waals surface area contributed by atoms with Gasteiger partial charge >= 0.3 is 0 Å². The van der Waals surface area contributed by atoms with Crippen molar-refractivity contribution in [2.45, 2.75) is 19.4 Å². The van der Waals surface area contributed by atoms with Gasteiger partial charge in [0.15, 0.2) is 0 Å². The molecule has 1 fully saturated rings. The van der Waals surface area contributed by atoms with Crippen LogP contribution in [0.1, 0.15) is 18.9 Å². The fourth-order valence-corrected chi connectivity index (χ4v) is 2.46. The standard InChI is InChI=1S/C15H20N4O/c1-11-9-19(6-5-14(11)17)10-15(20)18-13-4-2-3-12(7-13)8-16/h2-4,7,11,14H,5-6,9-10,17H2,1H3,(H,18,20). The van der Waals surface area contributed by atoms with Crippen LogP contribution in [-0.4, -0.2) is 36.5 Å². The zero-order valence-electron chi connectivity index (χ0n) is 11.7. The molecule has 1 aliphatic heterocycles. The van der Waals surface area contributed by atoms with E-state index in [2.05, 4.69) is 23.2 Å². The number of carbonyl (C=O) groups excluding carboxylic acids is 1. The minimum Gasteiger partial charge on any atom is -0.327 e. The number of carbonyl (C=O) groups is 1. The summed E-state index contributed by atoms with van der Waals surface area (Å²) in [4.78, 5) is 14.1. The molecule has 1 heterocycles. The molecule has 2 atom stereocenters. The summed E-state index contributed by atoms with van der Waals surface area (Å²) < 4.78 is 0. The van der Waals surface area contributed by atoms with Crippen molar-refractivity contribution in [3.05, 3.63) is 29.8 Å². The van der Waals surface area contributed by atoms with Gasteiger partial charge in [0.1, 0.15) is 0 Å². The number of amides is 1. The van der Waals surface area contributed by atoms with Crippen molar-refractivity contribution < 1.29 is 4.79 Å². The van der Waals surface area contributed by atoms with E-state index < -0.39 is 0 Å². The zero-order chi connectivity index (χ0) is 14.5. The van der Waals surface area contributed by atoms with Crippen molar-refractivity contribution in [2.24, 2.45) is 11.7 Å². The second-order valence-electron chi connectivity index (χ2n) is 5.41. The molecule has 1 aromatic rings. The summed E-state index contributed by atoms with van der Waals surface area (Å²) in [5.41, 5.74) is 7.17. The average Bonchev–Trinajstić information content (AvgIpc) is 2.43. The van der Waals surface area contributed by atoms with Crippen molar-refractivity contribution in [3.8, 4) is 6.07 Å². The third-order valence-corrected chi connectivity index (χ3v) is 3.70. The topological polar surface area (TPSA) is 82.2 Å². The van der Waals surface area contributed by atoms with Crippen LogP contribution in [0.25, 0.3) is 0 Å². The fourth-order valence-electron chi connectivity index (χ4n) is 2.46. The quantitative estimate of drug-likeness (QED) is 0.865. The van der Waals surface area contributed by atoms with Crippen LogP contribution in [0.3, 0.4) is 0 Å². The number of nitrogens with one attached hydrogen (secondary N) is 1. The molecule has 0 saturated carbocycles. The molecular formula is C15H20N4O. The lowest BCUT2D eigenvalue weighted by Gasteiger charge is -2.34. The number of nitrogens with two attached hydrogens (primary N) is 1. The Labute approximate surface area is 119 Å². The number of benzene rings is 1. The Bertz CT molecular complexity index is 523. The molecule has 0 radical (unpaired) electrons. The fraction of sp³-hybridized carbons (Fsp3) is 0.467. The van der Waals surface area contributed by atoms with E-state index >= 15 is 0 Å². The van der Waals surface area contributed by atoms with Crippen LogP contribution in [-0.2, 0) is 4.79 Å². The third-order valence-electron chi connectivity index (χ3n) is 3.70. The molecule has 1 aliphatic rings. The Hall–Kier alpha value is -1.90. The average molecular weight is 272 g/mol. The van der Waals surface area contributed by atoms with E-state index in [1.807, 2.05) is 0 Å². The van der Waals surface area contributed by atoms with Crippen molar-refractivity contribution in [3.63, 3.8) is 0 Å². The van der Waals surface area contributed by atoms with Crippen LogP contribution in [0.2, 0.25) is 0 Å². The van der Waals surface area contributed by atoms with Crippen molar-refractivity contribution in [1.82, 2.24) is 4.90 Å². The maximum atomic E-state index is 12.0. The number of likely N-dealkylation sites (tertiary alicyclic amines) is 1. The van der Waals surface area contributed by atoms with Gasteiger partial charge in [0.25, 0.3) is 0 Å².